The number of anilines is 1. The molecule has 0 aromatic carbocycles. The molecular weight excluding hydrogens is 368 g/mol. The van der Waals surface area contributed by atoms with E-state index >= 15 is 0 Å². The minimum atomic E-state index is -0.379. The number of carbonyl (C=O) groups excluding carboxylic acids is 1. The minimum absolute atomic E-state index is 0.180. The summed E-state index contributed by atoms with van der Waals surface area (Å²) in [5.74, 6) is 0.274. The van der Waals surface area contributed by atoms with Gasteiger partial charge in [0, 0.05) is 11.1 Å². The van der Waals surface area contributed by atoms with Gasteiger partial charge in [-0.2, -0.15) is 0 Å². The Morgan fingerprint density at radius 3 is 3.04 bits per heavy atom. The van der Waals surface area contributed by atoms with Gasteiger partial charge < -0.3 is 5.32 Å². The number of hydrogen-bond acceptors (Lipinski definition) is 7. The maximum absolute atomic E-state index is 12.3. The van der Waals surface area contributed by atoms with Crippen LogP contribution in [0, 0.1) is 0 Å². The number of carbonyl (C=O) groups is 1. The maximum Gasteiger partial charge on any atom is 0.238 e. The third-order valence-corrected chi connectivity index (χ3v) is 5.17. The first-order valence-electron chi connectivity index (χ1n) is 6.99. The molecule has 7 nitrogen and oxygen atoms in total. The number of thiophene rings is 1. The molecule has 1 unspecified atom stereocenters. The van der Waals surface area contributed by atoms with E-state index in [0.717, 1.165) is 4.88 Å². The van der Waals surface area contributed by atoms with Gasteiger partial charge in [0.2, 0.25) is 11.1 Å². The average Bonchev–Trinajstić information content (AvgIpc) is 3.22. The first-order chi connectivity index (χ1) is 11.6. The fourth-order valence-corrected chi connectivity index (χ4v) is 3.41. The summed E-state index contributed by atoms with van der Waals surface area (Å²) in [5, 5.41) is 17.1. The molecule has 1 amide bonds. The van der Waals surface area contributed by atoms with E-state index in [1.165, 1.54) is 18.0 Å². The zero-order valence-electron chi connectivity index (χ0n) is 12.6. The topological polar surface area (TPSA) is 85.6 Å². The van der Waals surface area contributed by atoms with Crippen LogP contribution in [0.5, 0.6) is 0 Å². The highest BCUT2D eigenvalue weighted by Gasteiger charge is 2.19. The molecule has 0 aliphatic rings. The van der Waals surface area contributed by atoms with Crippen LogP contribution >= 0.6 is 34.7 Å². The van der Waals surface area contributed by atoms with Crippen molar-refractivity contribution in [2.24, 2.45) is 0 Å². The molecule has 10 heteroatoms. The summed E-state index contributed by atoms with van der Waals surface area (Å²) in [5.41, 5.74) is 0. The van der Waals surface area contributed by atoms with Crippen LogP contribution in [-0.4, -0.2) is 36.3 Å². The van der Waals surface area contributed by atoms with Gasteiger partial charge in [0.05, 0.1) is 16.8 Å². The van der Waals surface area contributed by atoms with Crippen molar-refractivity contribution in [2.75, 3.05) is 5.32 Å². The highest BCUT2D eigenvalue weighted by Crippen LogP contribution is 2.22. The smallest absolute Gasteiger partial charge is 0.238 e. The molecule has 124 valence electrons. The Balaban J connectivity index is 1.62. The Labute approximate surface area is 151 Å². The molecule has 0 aliphatic heterocycles. The van der Waals surface area contributed by atoms with Crippen molar-refractivity contribution in [1.29, 1.82) is 0 Å². The molecule has 1 atom stereocenters. The third-order valence-electron chi connectivity index (χ3n) is 3.01. The van der Waals surface area contributed by atoms with Crippen LogP contribution in [-0.2, 0) is 11.3 Å². The number of pyridine rings is 1. The quantitative estimate of drug-likeness (QED) is 0.662. The van der Waals surface area contributed by atoms with E-state index in [-0.39, 0.29) is 11.2 Å². The van der Waals surface area contributed by atoms with E-state index in [1.54, 1.807) is 35.1 Å². The standard InChI is InChI=1S/C14H13ClN6OS2/c1-9(13(22)17-12-5-4-10(15)7-16-12)24-14-18-19-20-21(14)8-11-3-2-6-23-11/h2-7,9H,8H2,1H3,(H,16,17,22). The van der Waals surface area contributed by atoms with Crippen LogP contribution in [0.4, 0.5) is 5.82 Å². The number of amides is 1. The SMILES string of the molecule is CC(Sc1nnnn1Cc1cccs1)C(=O)Nc1ccc(Cl)cn1. The van der Waals surface area contributed by atoms with Gasteiger partial charge >= 0.3 is 0 Å². The minimum Gasteiger partial charge on any atom is -0.310 e. The Morgan fingerprint density at radius 1 is 1.46 bits per heavy atom. The van der Waals surface area contributed by atoms with Crippen molar-refractivity contribution in [1.82, 2.24) is 25.2 Å². The molecule has 24 heavy (non-hydrogen) atoms. The van der Waals surface area contributed by atoms with E-state index in [0.29, 0.717) is 22.5 Å². The van der Waals surface area contributed by atoms with Gasteiger partial charge in [0.15, 0.2) is 0 Å². The highest BCUT2D eigenvalue weighted by atomic mass is 35.5. The second-order valence-electron chi connectivity index (χ2n) is 4.81. The molecular formula is C14H13ClN6OS2. The van der Waals surface area contributed by atoms with E-state index in [4.69, 9.17) is 11.6 Å². The number of nitrogens with one attached hydrogen (secondary N) is 1. The molecule has 3 aromatic heterocycles. The van der Waals surface area contributed by atoms with Crippen molar-refractivity contribution >= 4 is 46.4 Å². The Morgan fingerprint density at radius 2 is 2.33 bits per heavy atom. The van der Waals surface area contributed by atoms with Gasteiger partial charge in [0.25, 0.3) is 0 Å². The van der Waals surface area contributed by atoms with Crippen LogP contribution in [0.15, 0.2) is 41.0 Å². The van der Waals surface area contributed by atoms with Crippen molar-refractivity contribution in [3.63, 3.8) is 0 Å². The summed E-state index contributed by atoms with van der Waals surface area (Å²) < 4.78 is 1.68. The zero-order valence-corrected chi connectivity index (χ0v) is 15.0. The second kappa shape index (κ2) is 7.73. The summed E-state index contributed by atoms with van der Waals surface area (Å²) in [6, 6.07) is 7.32. The van der Waals surface area contributed by atoms with Gasteiger partial charge in [-0.05, 0) is 40.9 Å². The van der Waals surface area contributed by atoms with Crippen LogP contribution in [0.3, 0.4) is 0 Å². The second-order valence-corrected chi connectivity index (χ2v) is 7.59. The fourth-order valence-electron chi connectivity index (χ4n) is 1.82. The lowest BCUT2D eigenvalue weighted by Crippen LogP contribution is -2.23. The van der Waals surface area contributed by atoms with Gasteiger partial charge in [0.1, 0.15) is 5.82 Å². The molecule has 3 heterocycles. The molecule has 0 spiro atoms. The zero-order chi connectivity index (χ0) is 16.9. The van der Waals surface area contributed by atoms with Gasteiger partial charge in [-0.15, -0.1) is 16.4 Å². The monoisotopic (exact) mass is 380 g/mol. The molecule has 0 fully saturated rings. The molecule has 3 aromatic rings. The molecule has 0 aliphatic carbocycles. The summed E-state index contributed by atoms with van der Waals surface area (Å²) >= 11 is 8.71. The lowest BCUT2D eigenvalue weighted by molar-refractivity contribution is -0.115. The predicted molar refractivity (Wildman–Crippen MR) is 94.4 cm³/mol. The summed E-state index contributed by atoms with van der Waals surface area (Å²) in [6.07, 6.45) is 1.48. The lowest BCUT2D eigenvalue weighted by atomic mass is 10.4. The number of nitrogens with zero attached hydrogens (tertiary/aromatic N) is 5. The number of halogens is 1. The third kappa shape index (κ3) is 4.31. The Kier molecular flexibility index (Phi) is 5.44. The van der Waals surface area contributed by atoms with Gasteiger partial charge in [-0.25, -0.2) is 9.67 Å². The lowest BCUT2D eigenvalue weighted by Gasteiger charge is -2.11. The van der Waals surface area contributed by atoms with Crippen LogP contribution in [0.1, 0.15) is 11.8 Å². The van der Waals surface area contributed by atoms with Crippen molar-refractivity contribution in [3.8, 4) is 0 Å². The normalized spacial score (nSPS) is 12.1. The van der Waals surface area contributed by atoms with Crippen LogP contribution < -0.4 is 5.32 Å². The van der Waals surface area contributed by atoms with Gasteiger partial charge in [-0.3, -0.25) is 4.79 Å². The molecule has 0 saturated carbocycles. The largest absolute Gasteiger partial charge is 0.310 e. The van der Waals surface area contributed by atoms with E-state index < -0.39 is 0 Å². The molecule has 0 bridgehead atoms. The predicted octanol–water partition coefficient (Wildman–Crippen LogP) is 2.95. The van der Waals surface area contributed by atoms with E-state index in [9.17, 15) is 4.79 Å². The van der Waals surface area contributed by atoms with Crippen LogP contribution in [0.25, 0.3) is 0 Å². The molecule has 1 N–H and O–H groups in total. The van der Waals surface area contributed by atoms with Crippen molar-refractivity contribution in [3.05, 3.63) is 45.7 Å². The summed E-state index contributed by atoms with van der Waals surface area (Å²) in [7, 11) is 0. The Bertz CT molecular complexity index is 805. The first kappa shape index (κ1) is 16.9. The van der Waals surface area contributed by atoms with Crippen LogP contribution in [0.2, 0.25) is 5.02 Å². The van der Waals surface area contributed by atoms with Gasteiger partial charge in [-0.1, -0.05) is 29.4 Å². The number of thioether (sulfide) groups is 1. The maximum atomic E-state index is 12.3. The van der Waals surface area contributed by atoms with E-state index in [2.05, 4.69) is 25.8 Å². The van der Waals surface area contributed by atoms with E-state index in [1.807, 2.05) is 17.5 Å². The number of hydrogen-bond donors (Lipinski definition) is 1. The highest BCUT2D eigenvalue weighted by molar-refractivity contribution is 8.00. The molecule has 3 rings (SSSR count). The average molecular weight is 381 g/mol. The molecule has 0 saturated heterocycles. The first-order valence-corrected chi connectivity index (χ1v) is 9.13. The summed E-state index contributed by atoms with van der Waals surface area (Å²) in [4.78, 5) is 17.5. The fraction of sp³-hybridized carbons (Fsp3) is 0.214. The molecule has 0 radical (unpaired) electrons. The number of rotatable bonds is 6. The summed E-state index contributed by atoms with van der Waals surface area (Å²) in [6.45, 7) is 2.38. The Hall–Kier alpha value is -1.97. The number of aromatic nitrogens is 5. The van der Waals surface area contributed by atoms with Crippen molar-refractivity contribution in [2.45, 2.75) is 23.9 Å². The number of tetrazole rings is 1. The van der Waals surface area contributed by atoms with Crippen molar-refractivity contribution < 1.29 is 4.79 Å².